The largest absolute Gasteiger partial charge is 0.328 e. The number of benzene rings is 2. The molecule has 3 amide bonds. The SMILES string of the molecule is CC(=O)NC1=NN(C(C)=O)C2(CC(c3ccccc3)N(C(C)=O)C(c3ccccc3)C2C)S1. The molecule has 0 bridgehead atoms. The van der Waals surface area contributed by atoms with Gasteiger partial charge >= 0.3 is 0 Å². The number of carbonyl (C=O) groups excluding carboxylic acids is 3. The number of hydrogen-bond donors (Lipinski definition) is 1. The van der Waals surface area contributed by atoms with Gasteiger partial charge in [0.15, 0.2) is 5.17 Å². The van der Waals surface area contributed by atoms with Crippen LogP contribution in [-0.4, -0.2) is 37.7 Å². The fourth-order valence-corrected chi connectivity index (χ4v) is 6.53. The maximum atomic E-state index is 13.1. The van der Waals surface area contributed by atoms with Gasteiger partial charge in [0, 0.05) is 33.1 Å². The normalized spacial score (nSPS) is 26.8. The lowest BCUT2D eigenvalue weighted by Crippen LogP contribution is -2.59. The standard InChI is InChI=1S/C25H28N4O3S/c1-16-23(21-13-9-6-10-14-21)28(18(3)31)22(20-11-7-5-8-12-20)15-25(16)29(19(4)32)27-24(33-25)26-17(2)30/h5-14,16,22-23H,15H2,1-4H3,(H,26,27,30). The fourth-order valence-electron chi connectivity index (χ4n) is 5.07. The summed E-state index contributed by atoms with van der Waals surface area (Å²) in [5.74, 6) is -0.646. The summed E-state index contributed by atoms with van der Waals surface area (Å²) in [5, 5.41) is 9.18. The Morgan fingerprint density at radius 2 is 1.52 bits per heavy atom. The van der Waals surface area contributed by atoms with Gasteiger partial charge in [-0.3, -0.25) is 14.4 Å². The van der Waals surface area contributed by atoms with E-state index >= 15 is 0 Å². The first-order valence-corrected chi connectivity index (χ1v) is 11.8. The molecule has 2 aromatic carbocycles. The molecule has 4 rings (SSSR count). The monoisotopic (exact) mass is 464 g/mol. The lowest BCUT2D eigenvalue weighted by Gasteiger charge is -2.55. The van der Waals surface area contributed by atoms with Gasteiger partial charge < -0.3 is 10.2 Å². The van der Waals surface area contributed by atoms with E-state index in [2.05, 4.69) is 17.3 Å². The number of thioether (sulfide) groups is 1. The Labute approximate surface area is 198 Å². The zero-order valence-corrected chi connectivity index (χ0v) is 20.0. The maximum absolute atomic E-state index is 13.1. The summed E-state index contributed by atoms with van der Waals surface area (Å²) < 4.78 is 0. The van der Waals surface area contributed by atoms with Crippen molar-refractivity contribution in [2.45, 2.75) is 51.1 Å². The molecule has 8 heteroatoms. The molecule has 7 nitrogen and oxygen atoms in total. The molecule has 2 aromatic rings. The van der Waals surface area contributed by atoms with Crippen molar-refractivity contribution >= 4 is 34.7 Å². The molecule has 1 saturated heterocycles. The fraction of sp³-hybridized carbons (Fsp3) is 0.360. The highest BCUT2D eigenvalue weighted by Gasteiger charge is 2.59. The number of piperidine rings is 1. The Morgan fingerprint density at radius 1 is 0.939 bits per heavy atom. The summed E-state index contributed by atoms with van der Waals surface area (Å²) in [6.07, 6.45) is 0.484. The molecule has 0 radical (unpaired) electrons. The van der Waals surface area contributed by atoms with Crippen LogP contribution >= 0.6 is 11.8 Å². The number of hydrogen-bond acceptors (Lipinski definition) is 5. The highest BCUT2D eigenvalue weighted by Crippen LogP contribution is 2.58. The first-order chi connectivity index (χ1) is 15.7. The minimum atomic E-state index is -0.767. The molecule has 2 aliphatic rings. The summed E-state index contributed by atoms with van der Waals surface area (Å²) in [6, 6.07) is 19.2. The second-order valence-corrected chi connectivity index (χ2v) is 9.86. The highest BCUT2D eigenvalue weighted by molar-refractivity contribution is 8.15. The first-order valence-electron chi connectivity index (χ1n) is 11.0. The van der Waals surface area contributed by atoms with Gasteiger partial charge in [-0.2, -0.15) is 0 Å². The number of carbonyl (C=O) groups is 3. The molecule has 33 heavy (non-hydrogen) atoms. The Bertz CT molecular complexity index is 1090. The summed E-state index contributed by atoms with van der Waals surface area (Å²) in [4.78, 5) is 38.9. The number of rotatable bonds is 2. The van der Waals surface area contributed by atoms with E-state index in [0.29, 0.717) is 11.6 Å². The molecule has 4 atom stereocenters. The van der Waals surface area contributed by atoms with Gasteiger partial charge in [-0.25, -0.2) is 5.01 Å². The third-order valence-electron chi connectivity index (χ3n) is 6.40. The Morgan fingerprint density at radius 3 is 2.03 bits per heavy atom. The highest BCUT2D eigenvalue weighted by atomic mass is 32.2. The lowest BCUT2D eigenvalue weighted by molar-refractivity contribution is -0.147. The van der Waals surface area contributed by atoms with Crippen LogP contribution in [0.15, 0.2) is 65.8 Å². The van der Waals surface area contributed by atoms with Crippen LogP contribution in [0.25, 0.3) is 0 Å². The Kier molecular flexibility index (Phi) is 6.30. The van der Waals surface area contributed by atoms with Crippen molar-refractivity contribution in [2.75, 3.05) is 0 Å². The summed E-state index contributed by atoms with van der Waals surface area (Å²) >= 11 is 1.40. The van der Waals surface area contributed by atoms with E-state index in [4.69, 9.17) is 0 Å². The summed E-state index contributed by atoms with van der Waals surface area (Å²) in [7, 11) is 0. The zero-order valence-electron chi connectivity index (χ0n) is 19.2. The topological polar surface area (TPSA) is 82.1 Å². The molecular formula is C25H28N4O3S. The van der Waals surface area contributed by atoms with E-state index in [0.717, 1.165) is 11.1 Å². The van der Waals surface area contributed by atoms with Crippen LogP contribution in [0.4, 0.5) is 0 Å². The first kappa shape index (κ1) is 23.0. The Balaban J connectivity index is 1.89. The maximum Gasteiger partial charge on any atom is 0.240 e. The van der Waals surface area contributed by atoms with Crippen molar-refractivity contribution in [3.63, 3.8) is 0 Å². The van der Waals surface area contributed by atoms with E-state index in [1.807, 2.05) is 65.6 Å². The molecular weight excluding hydrogens is 436 g/mol. The molecule has 2 heterocycles. The smallest absolute Gasteiger partial charge is 0.240 e. The van der Waals surface area contributed by atoms with Crippen molar-refractivity contribution < 1.29 is 14.4 Å². The lowest BCUT2D eigenvalue weighted by atomic mass is 9.76. The van der Waals surface area contributed by atoms with E-state index in [9.17, 15) is 14.4 Å². The van der Waals surface area contributed by atoms with Gasteiger partial charge in [-0.15, -0.1) is 5.10 Å². The molecule has 0 aromatic heterocycles. The van der Waals surface area contributed by atoms with Crippen molar-refractivity contribution in [3.05, 3.63) is 71.8 Å². The molecule has 2 aliphatic heterocycles. The molecule has 172 valence electrons. The second kappa shape index (κ2) is 9.02. The van der Waals surface area contributed by atoms with Gasteiger partial charge in [-0.1, -0.05) is 79.3 Å². The van der Waals surface area contributed by atoms with Crippen LogP contribution in [0.3, 0.4) is 0 Å². The molecule has 1 fully saturated rings. The van der Waals surface area contributed by atoms with Gasteiger partial charge in [0.25, 0.3) is 0 Å². The van der Waals surface area contributed by atoms with Crippen LogP contribution in [-0.2, 0) is 14.4 Å². The number of amidine groups is 1. The number of likely N-dealkylation sites (tertiary alicyclic amines) is 1. The summed E-state index contributed by atoms with van der Waals surface area (Å²) in [6.45, 7) is 6.57. The van der Waals surface area contributed by atoms with Crippen molar-refractivity contribution in [2.24, 2.45) is 11.0 Å². The van der Waals surface area contributed by atoms with Gasteiger partial charge in [0.2, 0.25) is 17.7 Å². The minimum Gasteiger partial charge on any atom is -0.328 e. The van der Waals surface area contributed by atoms with Crippen LogP contribution in [0.1, 0.15) is 57.3 Å². The molecule has 1 N–H and O–H groups in total. The van der Waals surface area contributed by atoms with Gasteiger partial charge in [-0.05, 0) is 11.1 Å². The predicted octanol–water partition coefficient (Wildman–Crippen LogP) is 4.06. The number of nitrogens with one attached hydrogen (secondary N) is 1. The third kappa shape index (κ3) is 4.15. The average Bonchev–Trinajstić information content (AvgIpc) is 3.14. The minimum absolute atomic E-state index is 0.0280. The van der Waals surface area contributed by atoms with Crippen LogP contribution in [0.2, 0.25) is 0 Å². The van der Waals surface area contributed by atoms with E-state index in [-0.39, 0.29) is 35.7 Å². The van der Waals surface area contributed by atoms with Gasteiger partial charge in [0.1, 0.15) is 4.87 Å². The molecule has 0 saturated carbocycles. The van der Waals surface area contributed by atoms with Crippen LogP contribution in [0, 0.1) is 5.92 Å². The van der Waals surface area contributed by atoms with E-state index in [1.165, 1.54) is 30.6 Å². The van der Waals surface area contributed by atoms with Crippen molar-refractivity contribution in [1.29, 1.82) is 0 Å². The summed E-state index contributed by atoms with van der Waals surface area (Å²) in [5.41, 5.74) is 1.99. The number of amides is 3. The Hall–Kier alpha value is -3.13. The van der Waals surface area contributed by atoms with Crippen LogP contribution in [0.5, 0.6) is 0 Å². The van der Waals surface area contributed by atoms with E-state index in [1.54, 1.807) is 6.92 Å². The van der Waals surface area contributed by atoms with Crippen molar-refractivity contribution in [3.8, 4) is 0 Å². The van der Waals surface area contributed by atoms with Gasteiger partial charge in [0.05, 0.1) is 12.1 Å². The third-order valence-corrected chi connectivity index (χ3v) is 7.84. The number of nitrogens with zero attached hydrogens (tertiary/aromatic N) is 3. The quantitative estimate of drug-likeness (QED) is 0.727. The van der Waals surface area contributed by atoms with Crippen molar-refractivity contribution in [1.82, 2.24) is 15.2 Å². The number of hydrazone groups is 1. The molecule has 4 unspecified atom stereocenters. The molecule has 0 aliphatic carbocycles. The zero-order chi connectivity index (χ0) is 23.8. The second-order valence-electron chi connectivity index (χ2n) is 8.57. The van der Waals surface area contributed by atoms with E-state index < -0.39 is 4.87 Å². The predicted molar refractivity (Wildman–Crippen MR) is 129 cm³/mol. The van der Waals surface area contributed by atoms with Crippen LogP contribution < -0.4 is 5.32 Å². The molecule has 1 spiro atoms. The average molecular weight is 465 g/mol.